The van der Waals surface area contributed by atoms with Crippen LogP contribution < -0.4 is 4.74 Å². The summed E-state index contributed by atoms with van der Waals surface area (Å²) in [6.45, 7) is 5.45. The van der Waals surface area contributed by atoms with Crippen molar-refractivity contribution in [3.05, 3.63) is 92.7 Å². The number of benzene rings is 2. The molecule has 0 amide bonds. The smallest absolute Gasteiger partial charge is 0.349 e. The first kappa shape index (κ1) is 26.8. The molecule has 0 saturated heterocycles. The average molecular weight is 543 g/mol. The Kier molecular flexibility index (Phi) is 8.83. The molecule has 1 aromatic heterocycles. The van der Waals surface area contributed by atoms with Crippen molar-refractivity contribution in [3.8, 4) is 5.75 Å². The number of carboxylic acids is 1. The van der Waals surface area contributed by atoms with Crippen LogP contribution in [0.15, 0.2) is 76.7 Å². The number of hydrogen-bond donors (Lipinski definition) is 1. The zero-order chi connectivity index (χ0) is 25.7. The van der Waals surface area contributed by atoms with E-state index in [4.69, 9.17) is 21.1 Å². The van der Waals surface area contributed by atoms with Gasteiger partial charge in [-0.15, -0.1) is 23.1 Å². The van der Waals surface area contributed by atoms with Gasteiger partial charge in [0, 0.05) is 31.9 Å². The number of ether oxygens (including phenoxy) is 2. The highest BCUT2D eigenvalue weighted by molar-refractivity contribution is 7.99. The first-order valence-corrected chi connectivity index (χ1v) is 14.1. The molecule has 1 aliphatic carbocycles. The molecule has 0 aliphatic heterocycles. The third kappa shape index (κ3) is 6.17. The molecule has 190 valence electrons. The molecule has 4 nitrogen and oxygen atoms in total. The van der Waals surface area contributed by atoms with E-state index in [-0.39, 0.29) is 16.2 Å². The van der Waals surface area contributed by atoms with Gasteiger partial charge in [-0.1, -0.05) is 74.0 Å². The summed E-state index contributed by atoms with van der Waals surface area (Å²) in [5, 5.41) is 10.2. The van der Waals surface area contributed by atoms with Gasteiger partial charge >= 0.3 is 5.97 Å². The molecule has 0 saturated carbocycles. The van der Waals surface area contributed by atoms with Crippen molar-refractivity contribution in [2.24, 2.45) is 11.8 Å². The van der Waals surface area contributed by atoms with Crippen molar-refractivity contribution in [2.75, 3.05) is 19.5 Å². The maximum Gasteiger partial charge on any atom is 0.349 e. The first-order valence-electron chi connectivity index (χ1n) is 11.9. The Morgan fingerprint density at radius 3 is 2.47 bits per heavy atom. The predicted octanol–water partition coefficient (Wildman–Crippen LogP) is 7.85. The van der Waals surface area contributed by atoms with Crippen molar-refractivity contribution in [2.45, 2.75) is 37.2 Å². The number of hydrogen-bond acceptors (Lipinski definition) is 5. The van der Waals surface area contributed by atoms with Gasteiger partial charge in [-0.25, -0.2) is 4.79 Å². The monoisotopic (exact) mass is 542 g/mol. The number of carboxylic acid groups (broad SMARTS) is 1. The minimum atomic E-state index is -0.983. The number of rotatable bonds is 11. The summed E-state index contributed by atoms with van der Waals surface area (Å²) >= 11 is 9.59. The van der Waals surface area contributed by atoms with E-state index >= 15 is 0 Å². The summed E-state index contributed by atoms with van der Waals surface area (Å²) in [7, 11) is 1.48. The quantitative estimate of drug-likeness (QED) is 0.250. The lowest BCUT2D eigenvalue weighted by Gasteiger charge is -2.26. The molecule has 0 spiro atoms. The second-order valence-electron chi connectivity index (χ2n) is 9.45. The highest BCUT2D eigenvalue weighted by Crippen LogP contribution is 2.39. The lowest BCUT2D eigenvalue weighted by molar-refractivity contribution is 0.0699. The zero-order valence-electron chi connectivity index (χ0n) is 20.7. The number of halogens is 1. The molecule has 7 heteroatoms. The predicted molar refractivity (Wildman–Crippen MR) is 149 cm³/mol. The molecule has 0 radical (unpaired) electrons. The van der Waals surface area contributed by atoms with Gasteiger partial charge in [0.05, 0.1) is 20.3 Å². The van der Waals surface area contributed by atoms with E-state index < -0.39 is 5.97 Å². The highest BCUT2D eigenvalue weighted by atomic mass is 35.5. The summed E-state index contributed by atoms with van der Waals surface area (Å²) in [4.78, 5) is 13.6. The van der Waals surface area contributed by atoms with Crippen molar-refractivity contribution in [3.63, 3.8) is 0 Å². The van der Waals surface area contributed by atoms with Gasteiger partial charge in [-0.3, -0.25) is 0 Å². The maximum absolute atomic E-state index is 11.3. The number of allylic oxidation sites excluding steroid dienone is 2. The first-order chi connectivity index (χ1) is 17.3. The zero-order valence-corrected chi connectivity index (χ0v) is 23.1. The molecule has 2 aromatic carbocycles. The molecule has 1 N–H and O–H groups in total. The Morgan fingerprint density at radius 2 is 1.83 bits per heavy atom. The number of carbonyl (C=O) groups is 1. The van der Waals surface area contributed by atoms with E-state index in [1.165, 1.54) is 34.5 Å². The third-order valence-electron chi connectivity index (χ3n) is 6.78. The van der Waals surface area contributed by atoms with Crippen LogP contribution in [0, 0.1) is 11.8 Å². The van der Waals surface area contributed by atoms with Crippen LogP contribution in [0.4, 0.5) is 0 Å². The molecule has 3 aromatic rings. The van der Waals surface area contributed by atoms with Crippen LogP contribution in [-0.2, 0) is 16.8 Å². The maximum atomic E-state index is 11.3. The summed E-state index contributed by atoms with van der Waals surface area (Å²) < 4.78 is 11.1. The van der Waals surface area contributed by atoms with Gasteiger partial charge in [0.25, 0.3) is 0 Å². The van der Waals surface area contributed by atoms with Crippen LogP contribution in [0.5, 0.6) is 5.75 Å². The van der Waals surface area contributed by atoms with Gasteiger partial charge in [0.15, 0.2) is 4.88 Å². The summed E-state index contributed by atoms with van der Waals surface area (Å²) in [6, 6.07) is 21.2. The minimum Gasteiger partial charge on any atom is -0.495 e. The van der Waals surface area contributed by atoms with Crippen molar-refractivity contribution in [1.82, 2.24) is 0 Å². The van der Waals surface area contributed by atoms with E-state index in [0.29, 0.717) is 24.9 Å². The average Bonchev–Trinajstić information content (AvgIpc) is 3.46. The summed E-state index contributed by atoms with van der Waals surface area (Å²) in [5.74, 6) is 0.834. The molecule has 0 fully saturated rings. The summed E-state index contributed by atoms with van der Waals surface area (Å²) in [6.07, 6.45) is 2.99. The fraction of sp³-hybridized carbons (Fsp3) is 0.345. The topological polar surface area (TPSA) is 55.8 Å². The van der Waals surface area contributed by atoms with Gasteiger partial charge in [-0.2, -0.15) is 0 Å². The Bertz CT molecular complexity index is 1200. The lowest BCUT2D eigenvalue weighted by atomic mass is 9.78. The molecule has 0 bridgehead atoms. The second-order valence-corrected chi connectivity index (χ2v) is 12.1. The Morgan fingerprint density at radius 1 is 1.14 bits per heavy atom. The number of aromatic carboxylic acids is 1. The van der Waals surface area contributed by atoms with Crippen LogP contribution in [0.1, 0.15) is 45.9 Å². The molecule has 1 heterocycles. The molecule has 0 unspecified atom stereocenters. The molecule has 36 heavy (non-hydrogen) atoms. The van der Waals surface area contributed by atoms with E-state index in [1.54, 1.807) is 6.07 Å². The lowest BCUT2D eigenvalue weighted by Crippen LogP contribution is -2.19. The third-order valence-corrected chi connectivity index (χ3v) is 9.42. The largest absolute Gasteiger partial charge is 0.495 e. The van der Waals surface area contributed by atoms with Crippen LogP contribution in [0.3, 0.4) is 0 Å². The molecule has 1 aliphatic rings. The van der Waals surface area contributed by atoms with Gasteiger partial charge < -0.3 is 14.6 Å². The number of methoxy groups -OCH3 is 1. The fourth-order valence-corrected chi connectivity index (χ4v) is 6.97. The van der Waals surface area contributed by atoms with E-state index in [1.807, 2.05) is 11.8 Å². The molecule has 4 rings (SSSR count). The van der Waals surface area contributed by atoms with E-state index in [2.05, 4.69) is 74.5 Å². The van der Waals surface area contributed by atoms with Crippen LogP contribution in [0.25, 0.3) is 0 Å². The van der Waals surface area contributed by atoms with Crippen LogP contribution >= 0.6 is 34.7 Å². The second kappa shape index (κ2) is 11.9. The highest BCUT2D eigenvalue weighted by Gasteiger charge is 2.29. The fourth-order valence-electron chi connectivity index (χ4n) is 4.49. The Balaban J connectivity index is 1.31. The molecular formula is C29H31ClO4S2. The van der Waals surface area contributed by atoms with Crippen molar-refractivity contribution >= 4 is 40.7 Å². The number of thioether (sulfide) groups is 1. The minimum absolute atomic E-state index is 0.0534. The number of thiophene rings is 1. The SMILES string of the molecule is COc1cc(COC[C@H]2CC=C(Cl)[C@@H]2CSc2ccc(C(C)(C)c3ccccc3)cc2)sc1C(=O)O. The van der Waals surface area contributed by atoms with Crippen LogP contribution in [0.2, 0.25) is 0 Å². The Labute approximate surface area is 226 Å². The normalized spacial score (nSPS) is 17.7. The van der Waals surface area contributed by atoms with E-state index in [9.17, 15) is 9.90 Å². The van der Waals surface area contributed by atoms with Crippen molar-refractivity contribution < 1.29 is 19.4 Å². The standard InChI is InChI=1S/C29H31ClO4S2/c1-29(2,20-7-5-4-6-8-20)21-10-12-22(13-11-21)35-18-24-19(9-14-25(24)30)16-34-17-23-15-26(33-3)27(36-23)28(31)32/h4-8,10-15,19,24H,9,16-18H2,1-3H3,(H,31,32)/t19-,24-/m1/s1. The van der Waals surface area contributed by atoms with Gasteiger partial charge in [0.1, 0.15) is 5.75 Å². The molecular weight excluding hydrogens is 512 g/mol. The van der Waals surface area contributed by atoms with Crippen LogP contribution in [-0.4, -0.2) is 30.5 Å². The van der Waals surface area contributed by atoms with Crippen molar-refractivity contribution in [1.29, 1.82) is 0 Å². The summed E-state index contributed by atoms with van der Waals surface area (Å²) in [5.41, 5.74) is 2.54. The Hall–Kier alpha value is -2.25. The van der Waals surface area contributed by atoms with Gasteiger partial charge in [-0.05, 0) is 41.7 Å². The molecule has 2 atom stereocenters. The van der Waals surface area contributed by atoms with E-state index in [0.717, 1.165) is 22.1 Å². The van der Waals surface area contributed by atoms with Gasteiger partial charge in [0.2, 0.25) is 0 Å².